The van der Waals surface area contributed by atoms with Gasteiger partial charge in [-0.05, 0) is 25.5 Å². The molecule has 1 rings (SSSR count). The molecule has 0 saturated heterocycles. The van der Waals surface area contributed by atoms with Gasteiger partial charge in [0.25, 0.3) is 0 Å². The van der Waals surface area contributed by atoms with Gasteiger partial charge in [-0.15, -0.1) is 0 Å². The second-order valence-electron chi connectivity index (χ2n) is 6.52. The van der Waals surface area contributed by atoms with Gasteiger partial charge in [0, 0.05) is 18.5 Å². The van der Waals surface area contributed by atoms with Crippen LogP contribution in [0.3, 0.4) is 0 Å². The second kappa shape index (κ2) is 12.8. The first-order valence-corrected chi connectivity index (χ1v) is 9.62. The number of ether oxygens (including phenoxy) is 2. The Morgan fingerprint density at radius 3 is 2.52 bits per heavy atom. The summed E-state index contributed by atoms with van der Waals surface area (Å²) in [5.41, 5.74) is 0. The van der Waals surface area contributed by atoms with Crippen LogP contribution in [0.5, 0.6) is 11.5 Å². The van der Waals surface area contributed by atoms with Crippen molar-refractivity contribution in [3.63, 3.8) is 0 Å². The Hall–Kier alpha value is -2.44. The highest BCUT2D eigenvalue weighted by Crippen LogP contribution is 2.21. The minimum atomic E-state index is -0.961. The summed E-state index contributed by atoms with van der Waals surface area (Å²) >= 11 is 0. The molecular formula is C20H32N2O5. The molecule has 0 aliphatic rings. The largest absolute Gasteiger partial charge is 0.493 e. The number of aliphatic carboxylic acids is 1. The van der Waals surface area contributed by atoms with Crippen LogP contribution in [0.2, 0.25) is 0 Å². The number of nitrogens with one attached hydrogen (secondary N) is 2. The molecule has 27 heavy (non-hydrogen) atoms. The summed E-state index contributed by atoms with van der Waals surface area (Å²) in [7, 11) is 0. The first kappa shape index (κ1) is 22.6. The van der Waals surface area contributed by atoms with Crippen molar-refractivity contribution in [2.45, 2.75) is 71.6 Å². The monoisotopic (exact) mass is 380 g/mol. The Kier molecular flexibility index (Phi) is 10.7. The van der Waals surface area contributed by atoms with Crippen LogP contribution >= 0.6 is 0 Å². The van der Waals surface area contributed by atoms with Crippen molar-refractivity contribution >= 4 is 12.0 Å². The maximum Gasteiger partial charge on any atom is 0.317 e. The molecule has 0 heterocycles. The second-order valence-corrected chi connectivity index (χ2v) is 6.52. The van der Waals surface area contributed by atoms with Gasteiger partial charge in [0.2, 0.25) is 0 Å². The third-order valence-electron chi connectivity index (χ3n) is 3.87. The number of amides is 2. The zero-order chi connectivity index (χ0) is 20.1. The SMILES string of the molecule is CCCCCCOc1cccc(O[C@H](CC)NC(=O)N[C@H](C)CC(=O)O)c1. The van der Waals surface area contributed by atoms with Crippen LogP contribution in [-0.2, 0) is 4.79 Å². The fourth-order valence-corrected chi connectivity index (χ4v) is 2.46. The highest BCUT2D eigenvalue weighted by molar-refractivity contribution is 5.75. The molecule has 0 saturated carbocycles. The summed E-state index contributed by atoms with van der Waals surface area (Å²) in [5.74, 6) is 0.378. The zero-order valence-electron chi connectivity index (χ0n) is 16.5. The average Bonchev–Trinajstić information content (AvgIpc) is 2.60. The molecule has 0 aromatic heterocycles. The van der Waals surface area contributed by atoms with Crippen LogP contribution in [-0.4, -0.2) is 36.0 Å². The predicted molar refractivity (Wildman–Crippen MR) is 104 cm³/mol. The van der Waals surface area contributed by atoms with Crippen LogP contribution in [0.15, 0.2) is 24.3 Å². The average molecular weight is 380 g/mol. The molecule has 0 spiro atoms. The summed E-state index contributed by atoms with van der Waals surface area (Å²) in [6.07, 6.45) is 4.48. The van der Waals surface area contributed by atoms with Crippen LogP contribution in [0, 0.1) is 0 Å². The van der Waals surface area contributed by atoms with Crippen LogP contribution in [0.1, 0.15) is 59.3 Å². The first-order valence-electron chi connectivity index (χ1n) is 9.62. The lowest BCUT2D eigenvalue weighted by Crippen LogP contribution is -2.47. The molecule has 0 fully saturated rings. The van der Waals surface area contributed by atoms with E-state index in [1.807, 2.05) is 19.1 Å². The Balaban J connectivity index is 2.48. The fraction of sp³-hybridized carbons (Fsp3) is 0.600. The van der Waals surface area contributed by atoms with Crippen molar-refractivity contribution in [2.24, 2.45) is 0 Å². The van der Waals surface area contributed by atoms with Crippen molar-refractivity contribution < 1.29 is 24.2 Å². The molecule has 2 atom stereocenters. The van der Waals surface area contributed by atoms with Crippen molar-refractivity contribution in [3.8, 4) is 11.5 Å². The topological polar surface area (TPSA) is 96.9 Å². The van der Waals surface area contributed by atoms with E-state index in [-0.39, 0.29) is 6.42 Å². The number of carbonyl (C=O) groups excluding carboxylic acids is 1. The Morgan fingerprint density at radius 2 is 1.85 bits per heavy atom. The van der Waals surface area contributed by atoms with E-state index in [2.05, 4.69) is 17.6 Å². The molecule has 0 bridgehead atoms. The molecule has 0 unspecified atom stereocenters. The van der Waals surface area contributed by atoms with Gasteiger partial charge in [-0.3, -0.25) is 4.79 Å². The van der Waals surface area contributed by atoms with E-state index in [4.69, 9.17) is 14.6 Å². The number of urea groups is 1. The van der Waals surface area contributed by atoms with Gasteiger partial charge >= 0.3 is 12.0 Å². The van der Waals surface area contributed by atoms with Gasteiger partial charge in [-0.2, -0.15) is 0 Å². The summed E-state index contributed by atoms with van der Waals surface area (Å²) in [6, 6.07) is 6.40. The van der Waals surface area contributed by atoms with Crippen molar-refractivity contribution in [1.29, 1.82) is 0 Å². The summed E-state index contributed by atoms with van der Waals surface area (Å²) in [4.78, 5) is 22.6. The molecule has 0 aliphatic carbocycles. The van der Waals surface area contributed by atoms with Gasteiger partial charge in [0.1, 0.15) is 11.5 Å². The molecule has 1 aromatic rings. The number of benzene rings is 1. The fourth-order valence-electron chi connectivity index (χ4n) is 2.46. The van der Waals surface area contributed by atoms with Gasteiger partial charge in [0.15, 0.2) is 6.23 Å². The summed E-state index contributed by atoms with van der Waals surface area (Å²) < 4.78 is 11.6. The number of hydrogen-bond acceptors (Lipinski definition) is 4. The lowest BCUT2D eigenvalue weighted by Gasteiger charge is -2.21. The van der Waals surface area contributed by atoms with Crippen molar-refractivity contribution in [1.82, 2.24) is 10.6 Å². The van der Waals surface area contributed by atoms with Crippen LogP contribution in [0.25, 0.3) is 0 Å². The van der Waals surface area contributed by atoms with Gasteiger partial charge in [-0.25, -0.2) is 4.79 Å². The minimum absolute atomic E-state index is 0.136. The van der Waals surface area contributed by atoms with Crippen molar-refractivity contribution in [2.75, 3.05) is 6.61 Å². The number of carboxylic acids is 1. The molecule has 1 aromatic carbocycles. The van der Waals surface area contributed by atoms with E-state index >= 15 is 0 Å². The molecule has 0 radical (unpaired) electrons. The molecule has 3 N–H and O–H groups in total. The number of rotatable bonds is 13. The summed E-state index contributed by atoms with van der Waals surface area (Å²) in [6.45, 7) is 6.37. The first-order chi connectivity index (χ1) is 12.9. The normalized spacial score (nSPS) is 12.7. The number of carboxylic acid groups (broad SMARTS) is 1. The standard InChI is InChI=1S/C20H32N2O5/c1-4-6-7-8-12-26-16-10-9-11-17(14-16)27-18(5-2)22-20(25)21-15(3)13-19(23)24/h9-11,14-15,18H,4-8,12-13H2,1-3H3,(H,23,24)(H2,21,22,25)/t15-,18-/m1/s1. The molecule has 7 heteroatoms. The minimum Gasteiger partial charge on any atom is -0.493 e. The number of carbonyl (C=O) groups is 2. The van der Waals surface area contributed by atoms with Crippen molar-refractivity contribution in [3.05, 3.63) is 24.3 Å². The van der Waals surface area contributed by atoms with Crippen LogP contribution < -0.4 is 20.1 Å². The van der Waals surface area contributed by atoms with Gasteiger partial charge in [0.05, 0.1) is 13.0 Å². The van der Waals surface area contributed by atoms with E-state index in [9.17, 15) is 9.59 Å². The van der Waals surface area contributed by atoms with E-state index in [0.717, 1.165) is 18.6 Å². The highest BCUT2D eigenvalue weighted by atomic mass is 16.5. The van der Waals surface area contributed by atoms with E-state index < -0.39 is 24.3 Å². The lowest BCUT2D eigenvalue weighted by molar-refractivity contribution is -0.137. The smallest absolute Gasteiger partial charge is 0.317 e. The lowest BCUT2D eigenvalue weighted by atomic mass is 10.2. The number of unbranched alkanes of at least 4 members (excludes halogenated alkanes) is 3. The zero-order valence-corrected chi connectivity index (χ0v) is 16.5. The van der Waals surface area contributed by atoms with E-state index in [0.29, 0.717) is 18.8 Å². The Labute approximate surface area is 161 Å². The Bertz CT molecular complexity index is 579. The maximum absolute atomic E-state index is 12.0. The molecule has 7 nitrogen and oxygen atoms in total. The quantitative estimate of drug-likeness (QED) is 0.356. The molecule has 152 valence electrons. The molecular weight excluding hydrogens is 348 g/mol. The van der Waals surface area contributed by atoms with E-state index in [1.54, 1.807) is 19.1 Å². The summed E-state index contributed by atoms with van der Waals surface area (Å²) in [5, 5.41) is 14.0. The third kappa shape index (κ3) is 10.3. The molecule has 2 amide bonds. The maximum atomic E-state index is 12.0. The third-order valence-corrected chi connectivity index (χ3v) is 3.87. The van der Waals surface area contributed by atoms with Gasteiger partial charge < -0.3 is 25.2 Å². The Morgan fingerprint density at radius 1 is 1.11 bits per heavy atom. The van der Waals surface area contributed by atoms with E-state index in [1.165, 1.54) is 12.8 Å². The van der Waals surface area contributed by atoms with Crippen LogP contribution in [0.4, 0.5) is 4.79 Å². The predicted octanol–water partition coefficient (Wildman–Crippen LogP) is 3.92. The molecule has 0 aliphatic heterocycles. The number of hydrogen-bond donors (Lipinski definition) is 3. The van der Waals surface area contributed by atoms with Gasteiger partial charge in [-0.1, -0.05) is 39.2 Å². The highest BCUT2D eigenvalue weighted by Gasteiger charge is 2.15.